The molecule has 0 bridgehead atoms. The molecule has 1 aliphatic heterocycles. The van der Waals surface area contributed by atoms with Gasteiger partial charge in [0, 0.05) is 13.1 Å². The van der Waals surface area contributed by atoms with E-state index < -0.39 is 0 Å². The van der Waals surface area contributed by atoms with Crippen LogP contribution in [0.5, 0.6) is 5.75 Å². The molecule has 3 nitrogen and oxygen atoms in total. The van der Waals surface area contributed by atoms with Crippen molar-refractivity contribution in [3.8, 4) is 5.75 Å². The summed E-state index contributed by atoms with van der Waals surface area (Å²) in [5.74, 6) is 1.73. The third kappa shape index (κ3) is 4.00. The number of methoxy groups -OCH3 is 1. The molecule has 0 amide bonds. The molecule has 0 aromatic heterocycles. The molecule has 1 fully saturated rings. The molecule has 3 heteroatoms. The second-order valence-electron chi connectivity index (χ2n) is 5.25. The van der Waals surface area contributed by atoms with Gasteiger partial charge in [0.1, 0.15) is 5.75 Å². The predicted molar refractivity (Wildman–Crippen MR) is 74.9 cm³/mol. The fraction of sp³-hybridized carbons (Fsp3) is 0.600. The van der Waals surface area contributed by atoms with Gasteiger partial charge in [0.2, 0.25) is 0 Å². The van der Waals surface area contributed by atoms with Gasteiger partial charge in [-0.2, -0.15) is 0 Å². The maximum Gasteiger partial charge on any atom is 0.118 e. The summed E-state index contributed by atoms with van der Waals surface area (Å²) in [6, 6.07) is 8.29. The highest BCUT2D eigenvalue weighted by atomic mass is 16.5. The Hall–Kier alpha value is -1.06. The summed E-state index contributed by atoms with van der Waals surface area (Å²) in [5, 5.41) is 3.56. The number of nitrogens with zero attached hydrogens (tertiary/aromatic N) is 1. The Balaban J connectivity index is 1.70. The second kappa shape index (κ2) is 6.76. The molecule has 1 N–H and O–H groups in total. The summed E-state index contributed by atoms with van der Waals surface area (Å²) in [4.78, 5) is 2.43. The molecule has 100 valence electrons. The van der Waals surface area contributed by atoms with Crippen molar-refractivity contribution in [1.82, 2.24) is 10.2 Å². The van der Waals surface area contributed by atoms with E-state index in [2.05, 4.69) is 29.4 Å². The number of benzene rings is 1. The van der Waals surface area contributed by atoms with Gasteiger partial charge in [-0.05, 0) is 56.6 Å². The molecule has 18 heavy (non-hydrogen) atoms. The van der Waals surface area contributed by atoms with Crippen LogP contribution in [-0.2, 0) is 6.54 Å². The molecule has 1 saturated heterocycles. The van der Waals surface area contributed by atoms with Gasteiger partial charge >= 0.3 is 0 Å². The van der Waals surface area contributed by atoms with Crippen LogP contribution in [0.4, 0.5) is 0 Å². The Morgan fingerprint density at radius 3 is 2.78 bits per heavy atom. The fourth-order valence-corrected chi connectivity index (χ4v) is 2.60. The number of hydrogen-bond donors (Lipinski definition) is 1. The van der Waals surface area contributed by atoms with E-state index in [9.17, 15) is 0 Å². The van der Waals surface area contributed by atoms with Crippen LogP contribution in [0.15, 0.2) is 24.3 Å². The van der Waals surface area contributed by atoms with Crippen LogP contribution in [0.1, 0.15) is 18.4 Å². The Morgan fingerprint density at radius 1 is 1.33 bits per heavy atom. The summed E-state index contributed by atoms with van der Waals surface area (Å²) in [6.45, 7) is 4.56. The fourth-order valence-electron chi connectivity index (χ4n) is 2.60. The SMILES string of the molecule is COc1ccc(CNCC2CCCN(C)C2)cc1. The standard InChI is InChI=1S/C15H24N2O/c1-17-9-3-4-14(12-17)11-16-10-13-5-7-15(18-2)8-6-13/h5-8,14,16H,3-4,9-12H2,1-2H3. The van der Waals surface area contributed by atoms with Crippen LogP contribution in [0, 0.1) is 5.92 Å². The molecule has 0 spiro atoms. The molecule has 1 atom stereocenters. The molecule has 2 rings (SSSR count). The lowest BCUT2D eigenvalue weighted by molar-refractivity contribution is 0.206. The molecule has 0 radical (unpaired) electrons. The van der Waals surface area contributed by atoms with Crippen molar-refractivity contribution in [1.29, 1.82) is 0 Å². The van der Waals surface area contributed by atoms with Crippen LogP contribution in [0.2, 0.25) is 0 Å². The third-order valence-electron chi connectivity index (χ3n) is 3.64. The van der Waals surface area contributed by atoms with E-state index in [4.69, 9.17) is 4.74 Å². The average Bonchev–Trinajstić information content (AvgIpc) is 2.40. The minimum absolute atomic E-state index is 0.807. The van der Waals surface area contributed by atoms with Gasteiger partial charge in [-0.25, -0.2) is 0 Å². The summed E-state index contributed by atoms with van der Waals surface area (Å²) in [5.41, 5.74) is 1.32. The first-order chi connectivity index (χ1) is 8.78. The summed E-state index contributed by atoms with van der Waals surface area (Å²) in [7, 11) is 3.92. The lowest BCUT2D eigenvalue weighted by Crippen LogP contribution is -2.37. The first kappa shape index (κ1) is 13.4. The van der Waals surface area contributed by atoms with Crippen molar-refractivity contribution in [3.05, 3.63) is 29.8 Å². The smallest absolute Gasteiger partial charge is 0.118 e. The largest absolute Gasteiger partial charge is 0.497 e. The van der Waals surface area contributed by atoms with Gasteiger partial charge in [0.25, 0.3) is 0 Å². The van der Waals surface area contributed by atoms with E-state index in [1.165, 1.54) is 31.5 Å². The quantitative estimate of drug-likeness (QED) is 0.864. The van der Waals surface area contributed by atoms with Crippen molar-refractivity contribution >= 4 is 0 Å². The number of piperidine rings is 1. The van der Waals surface area contributed by atoms with Crippen LogP contribution in [0.3, 0.4) is 0 Å². The van der Waals surface area contributed by atoms with E-state index in [-0.39, 0.29) is 0 Å². The van der Waals surface area contributed by atoms with Crippen molar-refractivity contribution in [2.75, 3.05) is 33.8 Å². The van der Waals surface area contributed by atoms with E-state index in [1.54, 1.807) is 7.11 Å². The van der Waals surface area contributed by atoms with Gasteiger partial charge in [0.15, 0.2) is 0 Å². The molecule has 1 aromatic rings. The molecule has 1 aliphatic rings. The average molecular weight is 248 g/mol. The molecule has 0 aliphatic carbocycles. The Morgan fingerprint density at radius 2 is 2.11 bits per heavy atom. The number of likely N-dealkylation sites (tertiary alicyclic amines) is 1. The Kier molecular flexibility index (Phi) is 5.02. The first-order valence-electron chi connectivity index (χ1n) is 6.80. The normalized spacial score (nSPS) is 20.9. The van der Waals surface area contributed by atoms with Gasteiger partial charge in [-0.1, -0.05) is 12.1 Å². The van der Waals surface area contributed by atoms with Gasteiger partial charge < -0.3 is 15.0 Å². The minimum Gasteiger partial charge on any atom is -0.497 e. The highest BCUT2D eigenvalue weighted by Gasteiger charge is 2.16. The summed E-state index contributed by atoms with van der Waals surface area (Å²) >= 11 is 0. The Labute approximate surface area is 110 Å². The van der Waals surface area contributed by atoms with Gasteiger partial charge in [0.05, 0.1) is 7.11 Å². The summed E-state index contributed by atoms with van der Waals surface area (Å²) < 4.78 is 5.15. The molecule has 1 aromatic carbocycles. The van der Waals surface area contributed by atoms with Crippen LogP contribution in [0.25, 0.3) is 0 Å². The highest BCUT2D eigenvalue weighted by molar-refractivity contribution is 5.26. The van der Waals surface area contributed by atoms with E-state index in [0.717, 1.165) is 24.8 Å². The Bertz CT molecular complexity index is 350. The lowest BCUT2D eigenvalue weighted by atomic mass is 9.98. The molecular formula is C15H24N2O. The highest BCUT2D eigenvalue weighted by Crippen LogP contribution is 2.14. The van der Waals surface area contributed by atoms with Crippen molar-refractivity contribution < 1.29 is 4.74 Å². The predicted octanol–water partition coefficient (Wildman–Crippen LogP) is 2.13. The van der Waals surface area contributed by atoms with E-state index >= 15 is 0 Å². The monoisotopic (exact) mass is 248 g/mol. The zero-order valence-corrected chi connectivity index (χ0v) is 11.5. The lowest BCUT2D eigenvalue weighted by Gasteiger charge is -2.29. The zero-order valence-electron chi connectivity index (χ0n) is 11.5. The van der Waals surface area contributed by atoms with Crippen molar-refractivity contribution in [2.24, 2.45) is 5.92 Å². The van der Waals surface area contributed by atoms with Crippen molar-refractivity contribution in [2.45, 2.75) is 19.4 Å². The van der Waals surface area contributed by atoms with Crippen LogP contribution >= 0.6 is 0 Å². The van der Waals surface area contributed by atoms with Crippen molar-refractivity contribution in [3.63, 3.8) is 0 Å². The topological polar surface area (TPSA) is 24.5 Å². The van der Waals surface area contributed by atoms with E-state index in [1.807, 2.05) is 12.1 Å². The first-order valence-corrected chi connectivity index (χ1v) is 6.80. The number of ether oxygens (including phenoxy) is 1. The minimum atomic E-state index is 0.807. The molecule has 0 saturated carbocycles. The maximum absolute atomic E-state index is 5.15. The molecular weight excluding hydrogens is 224 g/mol. The maximum atomic E-state index is 5.15. The third-order valence-corrected chi connectivity index (χ3v) is 3.64. The summed E-state index contributed by atoms with van der Waals surface area (Å²) in [6.07, 6.45) is 2.70. The second-order valence-corrected chi connectivity index (χ2v) is 5.25. The van der Waals surface area contributed by atoms with Crippen LogP contribution < -0.4 is 10.1 Å². The van der Waals surface area contributed by atoms with Crippen LogP contribution in [-0.4, -0.2) is 38.7 Å². The van der Waals surface area contributed by atoms with E-state index in [0.29, 0.717) is 0 Å². The van der Waals surface area contributed by atoms with Gasteiger partial charge in [-0.15, -0.1) is 0 Å². The number of hydrogen-bond acceptors (Lipinski definition) is 3. The number of rotatable bonds is 5. The molecule has 1 unspecified atom stereocenters. The van der Waals surface area contributed by atoms with Gasteiger partial charge in [-0.3, -0.25) is 0 Å². The molecule has 1 heterocycles. The zero-order chi connectivity index (χ0) is 12.8. The number of nitrogens with one attached hydrogen (secondary N) is 1.